The van der Waals surface area contributed by atoms with Crippen LogP contribution < -0.4 is 15.7 Å². The van der Waals surface area contributed by atoms with E-state index in [0.29, 0.717) is 18.4 Å². The molecule has 1 aliphatic heterocycles. The van der Waals surface area contributed by atoms with Crippen LogP contribution in [0.25, 0.3) is 5.57 Å². The Kier molecular flexibility index (Phi) is 12.1. The van der Waals surface area contributed by atoms with Gasteiger partial charge in [0.05, 0.1) is 12.6 Å². The maximum atomic E-state index is 13.2. The summed E-state index contributed by atoms with van der Waals surface area (Å²) in [7, 11) is 1.53. The zero-order chi connectivity index (χ0) is 29.6. The highest BCUT2D eigenvalue weighted by atomic mass is 16.7. The highest BCUT2D eigenvalue weighted by Crippen LogP contribution is 2.26. The van der Waals surface area contributed by atoms with E-state index in [4.69, 9.17) is 9.47 Å². The van der Waals surface area contributed by atoms with Crippen molar-refractivity contribution >= 4 is 23.1 Å². The van der Waals surface area contributed by atoms with Gasteiger partial charge in [-0.2, -0.15) is 0 Å². The molecule has 3 aromatic rings. The molecule has 4 rings (SSSR count). The van der Waals surface area contributed by atoms with E-state index in [1.54, 1.807) is 5.48 Å². The van der Waals surface area contributed by atoms with E-state index in [1.807, 2.05) is 48.5 Å². The minimum absolute atomic E-state index is 0.0716. The standard InChI is InChI=1S/C34H41N3O5/c1-41-25-42-24-31(23-30(34(39)36-40)14-8-11-26-9-4-2-5-10-26)35-33(38)29-15-17-32(18-16-29)37-21-19-28(20-22-37)27-12-6-3-7-13-27/h2-7,9-10,12-13,15-19,30-31,40H,8,11,14,20-25H2,1H3,(H,35,38)(H,36,39)/t30-,31-/m0/s1. The fourth-order valence-electron chi connectivity index (χ4n) is 5.34. The molecule has 3 N–H and O–H groups in total. The second-order valence-corrected chi connectivity index (χ2v) is 10.6. The van der Waals surface area contributed by atoms with Gasteiger partial charge in [0.25, 0.3) is 5.91 Å². The summed E-state index contributed by atoms with van der Waals surface area (Å²) in [5.41, 5.74) is 7.20. The van der Waals surface area contributed by atoms with Crippen molar-refractivity contribution in [1.29, 1.82) is 0 Å². The van der Waals surface area contributed by atoms with Gasteiger partial charge in [-0.15, -0.1) is 0 Å². The third-order valence-corrected chi connectivity index (χ3v) is 7.61. The second kappa shape index (κ2) is 16.5. The zero-order valence-corrected chi connectivity index (χ0v) is 24.2. The summed E-state index contributed by atoms with van der Waals surface area (Å²) in [4.78, 5) is 28.0. The first-order valence-electron chi connectivity index (χ1n) is 14.5. The fourth-order valence-corrected chi connectivity index (χ4v) is 5.34. The number of methoxy groups -OCH3 is 1. The summed E-state index contributed by atoms with van der Waals surface area (Å²) in [6, 6.07) is 27.6. The molecule has 8 nitrogen and oxygen atoms in total. The third kappa shape index (κ3) is 9.27. The van der Waals surface area contributed by atoms with E-state index >= 15 is 0 Å². The molecule has 8 heteroatoms. The number of hydrogen-bond acceptors (Lipinski definition) is 6. The monoisotopic (exact) mass is 571 g/mol. The Bertz CT molecular complexity index is 1280. The Morgan fingerprint density at radius 3 is 2.33 bits per heavy atom. The van der Waals surface area contributed by atoms with Gasteiger partial charge in [0.15, 0.2) is 0 Å². The fraction of sp³-hybridized carbons (Fsp3) is 0.353. The maximum Gasteiger partial charge on any atom is 0.251 e. The Morgan fingerprint density at radius 2 is 1.69 bits per heavy atom. The van der Waals surface area contributed by atoms with Crippen molar-refractivity contribution in [3.05, 3.63) is 108 Å². The quantitative estimate of drug-likeness (QED) is 0.1000. The average Bonchev–Trinajstić information content (AvgIpc) is 3.05. The molecule has 1 heterocycles. The molecule has 0 fully saturated rings. The van der Waals surface area contributed by atoms with Gasteiger partial charge in [0.1, 0.15) is 6.79 Å². The molecular formula is C34H41N3O5. The number of nitrogens with zero attached hydrogens (tertiary/aromatic N) is 1. The Hall–Kier alpha value is -3.98. The predicted molar refractivity (Wildman–Crippen MR) is 164 cm³/mol. The number of amides is 2. The SMILES string of the molecule is COCOC[C@H](C[C@H](CCCc1ccccc1)C(=O)NO)NC(=O)c1ccc(N2CC=C(c3ccccc3)CC2)cc1. The van der Waals surface area contributed by atoms with Gasteiger partial charge in [-0.25, -0.2) is 5.48 Å². The van der Waals surface area contributed by atoms with Gasteiger partial charge in [-0.05, 0) is 73.1 Å². The Morgan fingerprint density at radius 1 is 0.976 bits per heavy atom. The topological polar surface area (TPSA) is 100 Å². The van der Waals surface area contributed by atoms with E-state index in [1.165, 1.54) is 23.8 Å². The Labute approximate surface area is 248 Å². The summed E-state index contributed by atoms with van der Waals surface area (Å²) in [5.74, 6) is -1.21. The molecule has 0 bridgehead atoms. The summed E-state index contributed by atoms with van der Waals surface area (Å²) in [6.07, 6.45) is 5.69. The normalized spacial score (nSPS) is 14.5. The number of benzene rings is 3. The summed E-state index contributed by atoms with van der Waals surface area (Å²) in [6.45, 7) is 1.97. The van der Waals surface area contributed by atoms with Gasteiger partial charge in [-0.1, -0.05) is 66.7 Å². The van der Waals surface area contributed by atoms with E-state index in [2.05, 4.69) is 52.7 Å². The van der Waals surface area contributed by atoms with Gasteiger partial charge in [0.2, 0.25) is 5.91 Å². The van der Waals surface area contributed by atoms with Crippen molar-refractivity contribution in [3.8, 4) is 0 Å². The van der Waals surface area contributed by atoms with Crippen molar-refractivity contribution in [3.63, 3.8) is 0 Å². The van der Waals surface area contributed by atoms with Crippen molar-refractivity contribution in [2.24, 2.45) is 5.92 Å². The molecule has 2 amide bonds. The lowest BCUT2D eigenvalue weighted by atomic mass is 9.92. The number of anilines is 1. The van der Waals surface area contributed by atoms with E-state index < -0.39 is 17.9 Å². The first kappa shape index (κ1) is 31.0. The number of carbonyl (C=O) groups excluding carboxylic acids is 2. The number of hydrogen-bond donors (Lipinski definition) is 3. The van der Waals surface area contributed by atoms with Gasteiger partial charge < -0.3 is 19.7 Å². The van der Waals surface area contributed by atoms with Crippen LogP contribution in [0, 0.1) is 5.92 Å². The maximum absolute atomic E-state index is 13.2. The highest BCUT2D eigenvalue weighted by molar-refractivity contribution is 5.94. The van der Waals surface area contributed by atoms with Crippen LogP contribution in [0.15, 0.2) is 91.0 Å². The lowest BCUT2D eigenvalue weighted by Gasteiger charge is -2.29. The van der Waals surface area contributed by atoms with E-state index in [0.717, 1.165) is 38.0 Å². The molecule has 0 saturated carbocycles. The van der Waals surface area contributed by atoms with E-state index in [-0.39, 0.29) is 19.3 Å². The molecule has 0 aliphatic carbocycles. The first-order chi connectivity index (χ1) is 20.6. The van der Waals surface area contributed by atoms with Crippen LogP contribution in [-0.4, -0.2) is 56.7 Å². The molecule has 3 aromatic carbocycles. The third-order valence-electron chi connectivity index (χ3n) is 7.61. The highest BCUT2D eigenvalue weighted by Gasteiger charge is 2.25. The number of aryl methyl sites for hydroxylation is 1. The lowest BCUT2D eigenvalue weighted by Crippen LogP contribution is -2.42. The molecule has 0 saturated heterocycles. The van der Waals surface area contributed by atoms with E-state index in [9.17, 15) is 14.8 Å². The average molecular weight is 572 g/mol. The van der Waals surface area contributed by atoms with Crippen molar-refractivity contribution < 1.29 is 24.3 Å². The van der Waals surface area contributed by atoms with Crippen LogP contribution in [0.1, 0.15) is 47.2 Å². The zero-order valence-electron chi connectivity index (χ0n) is 24.2. The van der Waals surface area contributed by atoms with Crippen molar-refractivity contribution in [1.82, 2.24) is 10.8 Å². The van der Waals surface area contributed by atoms with Crippen LogP contribution in [0.5, 0.6) is 0 Å². The molecular weight excluding hydrogens is 530 g/mol. The molecule has 1 aliphatic rings. The number of carbonyl (C=O) groups is 2. The van der Waals surface area contributed by atoms with Gasteiger partial charge in [-0.3, -0.25) is 14.8 Å². The van der Waals surface area contributed by atoms with Crippen molar-refractivity contribution in [2.75, 3.05) is 38.5 Å². The Balaban J connectivity index is 1.35. The minimum Gasteiger partial charge on any atom is -0.367 e. The van der Waals surface area contributed by atoms with Crippen LogP contribution in [0.3, 0.4) is 0 Å². The molecule has 222 valence electrons. The summed E-state index contributed by atoms with van der Waals surface area (Å²) < 4.78 is 10.6. The second-order valence-electron chi connectivity index (χ2n) is 10.6. The number of ether oxygens (including phenoxy) is 2. The first-order valence-corrected chi connectivity index (χ1v) is 14.5. The summed E-state index contributed by atoms with van der Waals surface area (Å²) in [5, 5.41) is 12.4. The van der Waals surface area contributed by atoms with Crippen molar-refractivity contribution in [2.45, 2.75) is 38.1 Å². The largest absolute Gasteiger partial charge is 0.367 e. The molecule has 0 unspecified atom stereocenters. The summed E-state index contributed by atoms with van der Waals surface area (Å²) >= 11 is 0. The molecule has 0 aromatic heterocycles. The molecule has 0 spiro atoms. The van der Waals surface area contributed by atoms with Crippen LogP contribution in [0.4, 0.5) is 5.69 Å². The minimum atomic E-state index is -0.495. The number of rotatable bonds is 15. The molecule has 2 atom stereocenters. The molecule has 42 heavy (non-hydrogen) atoms. The smallest absolute Gasteiger partial charge is 0.251 e. The van der Waals surface area contributed by atoms with Gasteiger partial charge in [0, 0.05) is 37.4 Å². The van der Waals surface area contributed by atoms with Crippen LogP contribution in [-0.2, 0) is 20.7 Å². The predicted octanol–water partition coefficient (Wildman–Crippen LogP) is 5.23. The lowest BCUT2D eigenvalue weighted by molar-refractivity contribution is -0.134. The molecule has 0 radical (unpaired) electrons. The van der Waals surface area contributed by atoms with Crippen LogP contribution >= 0.6 is 0 Å². The van der Waals surface area contributed by atoms with Crippen LogP contribution in [0.2, 0.25) is 0 Å². The number of hydroxylamine groups is 1. The van der Waals surface area contributed by atoms with Gasteiger partial charge >= 0.3 is 0 Å². The number of nitrogens with one attached hydrogen (secondary N) is 2.